The number of carbonyl (C=O) groups excluding carboxylic acids is 1. The van der Waals surface area contributed by atoms with Crippen LogP contribution in [-0.2, 0) is 4.74 Å². The number of anilines is 1. The first-order valence-corrected chi connectivity index (χ1v) is 6.90. The fraction of sp³-hybridized carbons (Fsp3) is 0.154. The molecule has 0 aliphatic rings. The van der Waals surface area contributed by atoms with Gasteiger partial charge in [-0.3, -0.25) is 5.43 Å². The molecule has 1 heterocycles. The van der Waals surface area contributed by atoms with Crippen LogP contribution in [0.5, 0.6) is 0 Å². The smallest absolute Gasteiger partial charge is 0.350 e. The number of hydrogen-bond acceptors (Lipinski definition) is 6. The van der Waals surface area contributed by atoms with Crippen molar-refractivity contribution in [2.75, 3.05) is 12.5 Å². The third-order valence-corrected chi connectivity index (χ3v) is 3.67. The van der Waals surface area contributed by atoms with Gasteiger partial charge in [-0.2, -0.15) is 5.10 Å². The lowest BCUT2D eigenvalue weighted by atomic mass is 10.2. The third kappa shape index (κ3) is 3.55. The van der Waals surface area contributed by atoms with Crippen molar-refractivity contribution in [2.24, 2.45) is 5.10 Å². The molecule has 0 saturated heterocycles. The van der Waals surface area contributed by atoms with Gasteiger partial charge in [-0.15, -0.1) is 0 Å². The van der Waals surface area contributed by atoms with Crippen molar-refractivity contribution in [1.82, 2.24) is 4.98 Å². The summed E-state index contributed by atoms with van der Waals surface area (Å²) in [5.74, 6) is -0.396. The average molecular weight is 310 g/mol. The van der Waals surface area contributed by atoms with Crippen LogP contribution in [0.15, 0.2) is 29.4 Å². The highest BCUT2D eigenvalue weighted by Crippen LogP contribution is 2.23. The fourth-order valence-electron chi connectivity index (χ4n) is 1.48. The zero-order valence-corrected chi connectivity index (χ0v) is 12.5. The molecule has 0 fully saturated rings. The Bertz CT molecular complexity index is 655. The fourth-order valence-corrected chi connectivity index (χ4v) is 2.51. The number of aryl methyl sites for hydroxylation is 1. The number of aromatic nitrogens is 1. The van der Waals surface area contributed by atoms with E-state index in [1.54, 1.807) is 25.3 Å². The Hall–Kier alpha value is -1.92. The molecule has 1 N–H and O–H groups in total. The SMILES string of the molecule is COC(=O)c1sc(NN=Cc2cccc(Cl)c2)nc1C. The van der Waals surface area contributed by atoms with Gasteiger partial charge < -0.3 is 4.74 Å². The summed E-state index contributed by atoms with van der Waals surface area (Å²) in [7, 11) is 1.34. The second kappa shape index (κ2) is 6.49. The van der Waals surface area contributed by atoms with Crippen LogP contribution in [0.2, 0.25) is 5.02 Å². The first-order valence-electron chi connectivity index (χ1n) is 5.70. The summed E-state index contributed by atoms with van der Waals surface area (Å²) < 4.78 is 4.67. The molecular weight excluding hydrogens is 298 g/mol. The summed E-state index contributed by atoms with van der Waals surface area (Å²) in [4.78, 5) is 16.1. The first kappa shape index (κ1) is 14.5. The second-order valence-electron chi connectivity index (χ2n) is 3.85. The van der Waals surface area contributed by atoms with E-state index in [1.807, 2.05) is 12.1 Å². The Balaban J connectivity index is 2.06. The molecule has 0 aliphatic heterocycles. The van der Waals surface area contributed by atoms with Crippen LogP contribution in [-0.4, -0.2) is 24.3 Å². The molecule has 0 atom stereocenters. The Morgan fingerprint density at radius 3 is 3.05 bits per heavy atom. The predicted octanol–water partition coefficient (Wildman–Crippen LogP) is 3.34. The van der Waals surface area contributed by atoms with Crippen LogP contribution in [0.4, 0.5) is 5.13 Å². The Kier molecular flexibility index (Phi) is 4.70. The van der Waals surface area contributed by atoms with Gasteiger partial charge in [0.15, 0.2) is 0 Å². The zero-order chi connectivity index (χ0) is 14.5. The van der Waals surface area contributed by atoms with Crippen LogP contribution in [0.3, 0.4) is 0 Å². The first-order chi connectivity index (χ1) is 9.60. The molecule has 20 heavy (non-hydrogen) atoms. The van der Waals surface area contributed by atoms with E-state index in [-0.39, 0.29) is 0 Å². The van der Waals surface area contributed by atoms with Gasteiger partial charge >= 0.3 is 5.97 Å². The number of thiazole rings is 1. The Morgan fingerprint density at radius 2 is 2.35 bits per heavy atom. The Morgan fingerprint density at radius 1 is 1.55 bits per heavy atom. The van der Waals surface area contributed by atoms with E-state index >= 15 is 0 Å². The topological polar surface area (TPSA) is 63.6 Å². The molecule has 1 aromatic heterocycles. The number of halogens is 1. The van der Waals surface area contributed by atoms with E-state index in [1.165, 1.54) is 18.4 Å². The van der Waals surface area contributed by atoms with E-state index in [4.69, 9.17) is 11.6 Å². The van der Waals surface area contributed by atoms with Gasteiger partial charge in [0.1, 0.15) is 4.88 Å². The highest BCUT2D eigenvalue weighted by molar-refractivity contribution is 7.17. The normalized spacial score (nSPS) is 10.8. The van der Waals surface area contributed by atoms with Crippen LogP contribution in [0.25, 0.3) is 0 Å². The second-order valence-corrected chi connectivity index (χ2v) is 5.29. The van der Waals surface area contributed by atoms with E-state index in [9.17, 15) is 4.79 Å². The number of benzene rings is 1. The third-order valence-electron chi connectivity index (χ3n) is 2.39. The molecule has 104 valence electrons. The van der Waals surface area contributed by atoms with Crippen LogP contribution >= 0.6 is 22.9 Å². The molecule has 2 rings (SSSR count). The molecule has 0 spiro atoms. The monoisotopic (exact) mass is 309 g/mol. The van der Waals surface area contributed by atoms with Gasteiger partial charge in [-0.05, 0) is 24.6 Å². The van der Waals surface area contributed by atoms with Crippen molar-refractivity contribution >= 4 is 40.3 Å². The van der Waals surface area contributed by atoms with Gasteiger partial charge in [0.05, 0.1) is 19.0 Å². The maximum atomic E-state index is 11.4. The number of ether oxygens (including phenoxy) is 1. The molecule has 7 heteroatoms. The van der Waals surface area contributed by atoms with Gasteiger partial charge in [0.25, 0.3) is 0 Å². The average Bonchev–Trinajstić information content (AvgIpc) is 2.79. The minimum absolute atomic E-state index is 0.396. The number of nitrogens with one attached hydrogen (secondary N) is 1. The van der Waals surface area contributed by atoms with Crippen LogP contribution in [0, 0.1) is 6.92 Å². The summed E-state index contributed by atoms with van der Waals surface area (Å²) in [6, 6.07) is 7.30. The summed E-state index contributed by atoms with van der Waals surface area (Å²) in [5, 5.41) is 5.23. The number of rotatable bonds is 4. The number of esters is 1. The molecule has 1 aromatic carbocycles. The minimum atomic E-state index is -0.396. The molecular formula is C13H12ClN3O2S. The van der Waals surface area contributed by atoms with Crippen molar-refractivity contribution in [2.45, 2.75) is 6.92 Å². The number of hydrogen-bond donors (Lipinski definition) is 1. The van der Waals surface area contributed by atoms with E-state index in [2.05, 4.69) is 20.2 Å². The van der Waals surface area contributed by atoms with Gasteiger partial charge in [-0.1, -0.05) is 35.1 Å². The van der Waals surface area contributed by atoms with Gasteiger partial charge in [0, 0.05) is 5.02 Å². The summed E-state index contributed by atoms with van der Waals surface area (Å²) >= 11 is 7.07. The molecule has 0 saturated carbocycles. The summed E-state index contributed by atoms with van der Waals surface area (Å²) in [6.45, 7) is 1.74. The van der Waals surface area contributed by atoms with Gasteiger partial charge in [0.2, 0.25) is 5.13 Å². The number of carbonyl (C=O) groups is 1. The molecule has 2 aromatic rings. The molecule has 0 unspecified atom stereocenters. The molecule has 5 nitrogen and oxygen atoms in total. The predicted molar refractivity (Wildman–Crippen MR) is 80.9 cm³/mol. The van der Waals surface area contributed by atoms with Crippen molar-refractivity contribution < 1.29 is 9.53 Å². The van der Waals surface area contributed by atoms with Crippen molar-refractivity contribution in [3.05, 3.63) is 45.4 Å². The van der Waals surface area contributed by atoms with E-state index < -0.39 is 5.97 Å². The number of nitrogens with zero attached hydrogens (tertiary/aromatic N) is 2. The maximum Gasteiger partial charge on any atom is 0.350 e. The number of methoxy groups -OCH3 is 1. The molecule has 0 bridgehead atoms. The lowest BCUT2D eigenvalue weighted by Crippen LogP contribution is -1.99. The van der Waals surface area contributed by atoms with E-state index in [0.717, 1.165) is 5.56 Å². The zero-order valence-electron chi connectivity index (χ0n) is 10.9. The maximum absolute atomic E-state index is 11.4. The lowest BCUT2D eigenvalue weighted by molar-refractivity contribution is 0.0605. The van der Waals surface area contributed by atoms with E-state index in [0.29, 0.717) is 20.7 Å². The molecule has 0 aliphatic carbocycles. The minimum Gasteiger partial charge on any atom is -0.465 e. The van der Waals surface area contributed by atoms with Crippen molar-refractivity contribution in [3.8, 4) is 0 Å². The van der Waals surface area contributed by atoms with Crippen LogP contribution < -0.4 is 5.43 Å². The molecule has 0 radical (unpaired) electrons. The standard InChI is InChI=1S/C13H12ClN3O2S/c1-8-11(12(18)19-2)20-13(16-8)17-15-7-9-4-3-5-10(14)6-9/h3-7H,1-2H3,(H,16,17). The summed E-state index contributed by atoms with van der Waals surface area (Å²) in [6.07, 6.45) is 1.63. The largest absolute Gasteiger partial charge is 0.465 e. The van der Waals surface area contributed by atoms with Crippen molar-refractivity contribution in [1.29, 1.82) is 0 Å². The van der Waals surface area contributed by atoms with Gasteiger partial charge in [-0.25, -0.2) is 9.78 Å². The Labute approximate surface area is 125 Å². The molecule has 0 amide bonds. The quantitative estimate of drug-likeness (QED) is 0.534. The van der Waals surface area contributed by atoms with Crippen molar-refractivity contribution in [3.63, 3.8) is 0 Å². The highest BCUT2D eigenvalue weighted by atomic mass is 35.5. The number of hydrazone groups is 1. The van der Waals surface area contributed by atoms with Crippen LogP contribution in [0.1, 0.15) is 20.9 Å². The lowest BCUT2D eigenvalue weighted by Gasteiger charge is -1.95. The summed E-state index contributed by atoms with van der Waals surface area (Å²) in [5.41, 5.74) is 4.26. The highest BCUT2D eigenvalue weighted by Gasteiger charge is 2.15.